The lowest BCUT2D eigenvalue weighted by atomic mass is 10.0. The lowest BCUT2D eigenvalue weighted by molar-refractivity contribution is -0.274. The molecule has 0 saturated carbocycles. The summed E-state index contributed by atoms with van der Waals surface area (Å²) in [6, 6.07) is 12.9. The summed E-state index contributed by atoms with van der Waals surface area (Å²) in [6.07, 6.45) is -3.06. The molecular formula is C23H23F3N2O4. The fourth-order valence-corrected chi connectivity index (χ4v) is 3.94. The molecule has 1 N–H and O–H groups in total. The number of rotatable bonds is 6. The monoisotopic (exact) mass is 448 g/mol. The third kappa shape index (κ3) is 5.53. The number of methoxy groups -OCH3 is 1. The van der Waals surface area contributed by atoms with Gasteiger partial charge >= 0.3 is 12.0 Å². The summed E-state index contributed by atoms with van der Waals surface area (Å²) >= 11 is 0. The summed E-state index contributed by atoms with van der Waals surface area (Å²) in [5, 5.41) is 4.22. The second-order valence-corrected chi connectivity index (χ2v) is 7.73. The van der Waals surface area contributed by atoms with Crippen LogP contribution in [0.4, 0.5) is 18.9 Å². The number of anilines is 1. The molecule has 0 bridgehead atoms. The highest BCUT2D eigenvalue weighted by molar-refractivity contribution is 5.90. The molecule has 0 radical (unpaired) electrons. The van der Waals surface area contributed by atoms with E-state index in [4.69, 9.17) is 9.15 Å². The van der Waals surface area contributed by atoms with Gasteiger partial charge in [0.2, 0.25) is 0 Å². The molecule has 2 heterocycles. The molecule has 1 saturated heterocycles. The van der Waals surface area contributed by atoms with E-state index in [1.807, 2.05) is 6.07 Å². The molecule has 1 aromatic heterocycles. The third-order valence-corrected chi connectivity index (χ3v) is 5.44. The van der Waals surface area contributed by atoms with Gasteiger partial charge in [0.05, 0.1) is 12.8 Å². The summed E-state index contributed by atoms with van der Waals surface area (Å²) < 4.78 is 51.9. The Kier molecular flexibility index (Phi) is 6.27. The third-order valence-electron chi connectivity index (χ3n) is 5.44. The summed E-state index contributed by atoms with van der Waals surface area (Å²) in [5.41, 5.74) is 1.52. The minimum absolute atomic E-state index is 0.155. The molecule has 1 aliphatic heterocycles. The van der Waals surface area contributed by atoms with Crippen LogP contribution in [-0.4, -0.2) is 37.5 Å². The first kappa shape index (κ1) is 22.0. The largest absolute Gasteiger partial charge is 0.573 e. The van der Waals surface area contributed by atoms with Crippen LogP contribution in [-0.2, 0) is 6.54 Å². The molecule has 9 heteroatoms. The first-order chi connectivity index (χ1) is 15.3. The average Bonchev–Trinajstić information content (AvgIpc) is 2.74. The Morgan fingerprint density at radius 3 is 2.59 bits per heavy atom. The van der Waals surface area contributed by atoms with Crippen LogP contribution in [0.25, 0.3) is 11.0 Å². The van der Waals surface area contributed by atoms with Crippen LogP contribution in [0.2, 0.25) is 0 Å². The first-order valence-corrected chi connectivity index (χ1v) is 10.2. The number of alkyl halides is 3. The zero-order chi connectivity index (χ0) is 22.7. The Balaban J connectivity index is 1.39. The molecule has 3 aromatic rings. The standard InChI is InChI=1S/C23H23F3N2O4/c1-30-17-5-6-21-19(12-17)20(13-22(29)31-21)27-16-7-9-28(10-8-16)14-15-3-2-4-18(11-15)32-23(24,25)26/h2-6,11-13,16,27H,7-10,14H2,1H3. The van der Waals surface area contributed by atoms with Gasteiger partial charge in [0.15, 0.2) is 0 Å². The molecule has 170 valence electrons. The normalized spacial score (nSPS) is 15.6. The van der Waals surface area contributed by atoms with Crippen LogP contribution >= 0.6 is 0 Å². The van der Waals surface area contributed by atoms with Crippen molar-refractivity contribution >= 4 is 16.7 Å². The van der Waals surface area contributed by atoms with Crippen molar-refractivity contribution in [2.45, 2.75) is 31.8 Å². The van der Waals surface area contributed by atoms with E-state index in [0.29, 0.717) is 23.6 Å². The van der Waals surface area contributed by atoms with Crippen molar-refractivity contribution in [3.8, 4) is 11.5 Å². The van der Waals surface area contributed by atoms with Gasteiger partial charge < -0.3 is 19.2 Å². The maximum absolute atomic E-state index is 12.4. The van der Waals surface area contributed by atoms with E-state index in [1.165, 1.54) is 18.2 Å². The second kappa shape index (κ2) is 9.12. The maximum atomic E-state index is 12.4. The zero-order valence-electron chi connectivity index (χ0n) is 17.4. The van der Waals surface area contributed by atoms with Crippen LogP contribution < -0.4 is 20.4 Å². The predicted molar refractivity (Wildman–Crippen MR) is 114 cm³/mol. The SMILES string of the molecule is COc1ccc2oc(=O)cc(NC3CCN(Cc4cccc(OC(F)(F)F)c4)CC3)c2c1. The molecular weight excluding hydrogens is 425 g/mol. The smallest absolute Gasteiger partial charge is 0.497 e. The highest BCUT2D eigenvalue weighted by Gasteiger charge is 2.31. The van der Waals surface area contributed by atoms with Gasteiger partial charge in [-0.15, -0.1) is 13.2 Å². The minimum Gasteiger partial charge on any atom is -0.497 e. The van der Waals surface area contributed by atoms with Crippen LogP contribution in [0.1, 0.15) is 18.4 Å². The zero-order valence-corrected chi connectivity index (χ0v) is 17.4. The van der Waals surface area contributed by atoms with E-state index in [2.05, 4.69) is 15.0 Å². The summed E-state index contributed by atoms with van der Waals surface area (Å²) in [4.78, 5) is 14.1. The van der Waals surface area contributed by atoms with Crippen molar-refractivity contribution in [2.24, 2.45) is 0 Å². The van der Waals surface area contributed by atoms with Gasteiger partial charge in [-0.05, 0) is 48.7 Å². The van der Waals surface area contributed by atoms with Gasteiger partial charge in [-0.3, -0.25) is 4.90 Å². The molecule has 0 unspecified atom stereocenters. The van der Waals surface area contributed by atoms with Crippen molar-refractivity contribution < 1.29 is 27.1 Å². The summed E-state index contributed by atoms with van der Waals surface area (Å²) in [7, 11) is 1.58. The Morgan fingerprint density at radius 1 is 1.09 bits per heavy atom. The Labute approximate surface area is 182 Å². The van der Waals surface area contributed by atoms with Gasteiger partial charge in [0.25, 0.3) is 0 Å². The number of nitrogens with zero attached hydrogens (tertiary/aromatic N) is 1. The van der Waals surface area contributed by atoms with Crippen LogP contribution in [0.3, 0.4) is 0 Å². The molecule has 0 amide bonds. The maximum Gasteiger partial charge on any atom is 0.573 e. The summed E-state index contributed by atoms with van der Waals surface area (Å²) in [5.74, 6) is 0.456. The number of benzene rings is 2. The van der Waals surface area contributed by atoms with E-state index in [0.717, 1.165) is 36.9 Å². The Morgan fingerprint density at radius 2 is 1.88 bits per heavy atom. The molecule has 0 spiro atoms. The quantitative estimate of drug-likeness (QED) is 0.548. The fourth-order valence-electron chi connectivity index (χ4n) is 3.94. The molecule has 32 heavy (non-hydrogen) atoms. The number of halogens is 3. The van der Waals surface area contributed by atoms with Gasteiger partial charge in [-0.25, -0.2) is 4.79 Å². The first-order valence-electron chi connectivity index (χ1n) is 10.2. The molecule has 6 nitrogen and oxygen atoms in total. The van der Waals surface area contributed by atoms with Crippen LogP contribution in [0, 0.1) is 0 Å². The number of piperidine rings is 1. The highest BCUT2D eigenvalue weighted by atomic mass is 19.4. The van der Waals surface area contributed by atoms with E-state index in [1.54, 1.807) is 31.4 Å². The van der Waals surface area contributed by atoms with Gasteiger partial charge in [-0.1, -0.05) is 12.1 Å². The lowest BCUT2D eigenvalue weighted by Gasteiger charge is -2.33. The van der Waals surface area contributed by atoms with E-state index >= 15 is 0 Å². The number of fused-ring (bicyclic) bond motifs is 1. The van der Waals surface area contributed by atoms with E-state index in [9.17, 15) is 18.0 Å². The van der Waals surface area contributed by atoms with Crippen molar-refractivity contribution in [1.29, 1.82) is 0 Å². The fraction of sp³-hybridized carbons (Fsp3) is 0.348. The number of nitrogens with one attached hydrogen (secondary N) is 1. The van der Waals surface area contributed by atoms with Crippen molar-refractivity contribution in [3.05, 3.63) is 64.5 Å². The summed E-state index contributed by atoms with van der Waals surface area (Å²) in [6.45, 7) is 2.08. The van der Waals surface area contributed by atoms with Crippen LogP contribution in [0.15, 0.2) is 57.7 Å². The van der Waals surface area contributed by atoms with Gasteiger partial charge in [-0.2, -0.15) is 0 Å². The lowest BCUT2D eigenvalue weighted by Crippen LogP contribution is -2.38. The van der Waals surface area contributed by atoms with Crippen molar-refractivity contribution in [3.63, 3.8) is 0 Å². The number of hydrogen-bond acceptors (Lipinski definition) is 6. The van der Waals surface area contributed by atoms with Gasteiger partial charge in [0.1, 0.15) is 17.1 Å². The Bertz CT molecular complexity index is 1140. The molecule has 0 atom stereocenters. The second-order valence-electron chi connectivity index (χ2n) is 7.73. The van der Waals surface area contributed by atoms with Crippen LogP contribution in [0.5, 0.6) is 11.5 Å². The van der Waals surface area contributed by atoms with E-state index < -0.39 is 12.0 Å². The minimum atomic E-state index is -4.70. The average molecular weight is 448 g/mol. The van der Waals surface area contributed by atoms with E-state index in [-0.39, 0.29) is 11.8 Å². The topological polar surface area (TPSA) is 63.9 Å². The molecule has 1 aliphatic rings. The number of likely N-dealkylation sites (tertiary alicyclic amines) is 1. The number of ether oxygens (including phenoxy) is 2. The molecule has 0 aliphatic carbocycles. The Hall–Kier alpha value is -3.20. The molecule has 4 rings (SSSR count). The van der Waals surface area contributed by atoms with Gasteiger partial charge in [0, 0.05) is 37.1 Å². The molecule has 1 fully saturated rings. The molecule has 2 aromatic carbocycles. The van der Waals surface area contributed by atoms with Crippen molar-refractivity contribution in [2.75, 3.05) is 25.5 Å². The highest BCUT2D eigenvalue weighted by Crippen LogP contribution is 2.28. The number of hydrogen-bond donors (Lipinski definition) is 1. The van der Waals surface area contributed by atoms with Crippen molar-refractivity contribution in [1.82, 2.24) is 4.90 Å². The predicted octanol–water partition coefficient (Wildman–Crippen LogP) is 4.78.